The van der Waals surface area contributed by atoms with Gasteiger partial charge in [0.2, 0.25) is 0 Å². The number of rotatable bonds is 6. The van der Waals surface area contributed by atoms with Gasteiger partial charge in [-0.05, 0) is 18.4 Å². The van der Waals surface area contributed by atoms with Gasteiger partial charge in [0, 0.05) is 0 Å². The van der Waals surface area contributed by atoms with Crippen molar-refractivity contribution >= 4 is 40.1 Å². The molecule has 0 saturated carbocycles. The Bertz CT molecular complexity index is 408. The molecule has 0 aliphatic carbocycles. The molecule has 1 heterocycles. The fourth-order valence-corrected chi connectivity index (χ4v) is 2.17. The molecule has 0 aromatic carbocycles. The number of aliphatic carboxylic acids is 1. The normalized spacial score (nSPS) is 12.1. The highest BCUT2D eigenvalue weighted by Gasteiger charge is 2.21. The van der Waals surface area contributed by atoms with E-state index in [-0.39, 0.29) is 5.13 Å². The monoisotopic (exact) mass is 275 g/mol. The Morgan fingerprint density at radius 1 is 1.71 bits per heavy atom. The zero-order valence-corrected chi connectivity index (χ0v) is 10.8. The van der Waals surface area contributed by atoms with Gasteiger partial charge in [0.25, 0.3) is 5.91 Å². The zero-order valence-electron chi connectivity index (χ0n) is 9.17. The molecule has 1 rings (SSSR count). The van der Waals surface area contributed by atoms with Gasteiger partial charge in [0.15, 0.2) is 5.13 Å². The van der Waals surface area contributed by atoms with Crippen molar-refractivity contribution in [2.45, 2.75) is 12.5 Å². The Morgan fingerprint density at radius 2 is 2.41 bits per heavy atom. The molecule has 8 heteroatoms. The molecule has 0 spiro atoms. The summed E-state index contributed by atoms with van der Waals surface area (Å²) in [6.45, 7) is 0. The number of thiazole rings is 1. The molecule has 0 aliphatic heterocycles. The summed E-state index contributed by atoms with van der Waals surface area (Å²) in [5, 5.41) is 11.7. The number of nitrogens with zero attached hydrogens (tertiary/aromatic N) is 1. The van der Waals surface area contributed by atoms with Crippen LogP contribution in [-0.2, 0) is 4.79 Å². The van der Waals surface area contributed by atoms with Crippen molar-refractivity contribution in [2.75, 3.05) is 17.7 Å². The van der Waals surface area contributed by atoms with Gasteiger partial charge in [-0.25, -0.2) is 9.78 Å². The average Bonchev–Trinajstić information content (AvgIpc) is 2.70. The Labute approximate surface area is 107 Å². The SMILES string of the molecule is CSCC[C@@H](NC(=O)c1cnc(N)s1)C(=O)O. The van der Waals surface area contributed by atoms with E-state index in [1.54, 1.807) is 0 Å². The lowest BCUT2D eigenvalue weighted by Gasteiger charge is -2.12. The lowest BCUT2D eigenvalue weighted by Crippen LogP contribution is -2.40. The maximum absolute atomic E-state index is 11.7. The molecule has 94 valence electrons. The molecule has 4 N–H and O–H groups in total. The van der Waals surface area contributed by atoms with Crippen molar-refractivity contribution in [3.8, 4) is 0 Å². The summed E-state index contributed by atoms with van der Waals surface area (Å²) >= 11 is 2.56. The average molecular weight is 275 g/mol. The predicted molar refractivity (Wildman–Crippen MR) is 68.4 cm³/mol. The number of carbonyl (C=O) groups is 2. The molecular formula is C9H13N3O3S2. The van der Waals surface area contributed by atoms with Gasteiger partial charge in [0.05, 0.1) is 6.20 Å². The third-order valence-electron chi connectivity index (χ3n) is 1.96. The van der Waals surface area contributed by atoms with E-state index >= 15 is 0 Å². The smallest absolute Gasteiger partial charge is 0.326 e. The van der Waals surface area contributed by atoms with Gasteiger partial charge in [-0.15, -0.1) is 0 Å². The molecule has 1 amide bonds. The molecule has 0 bridgehead atoms. The van der Waals surface area contributed by atoms with Crippen LogP contribution in [0.3, 0.4) is 0 Å². The third-order valence-corrected chi connectivity index (χ3v) is 3.43. The summed E-state index contributed by atoms with van der Waals surface area (Å²) in [5.74, 6) is -0.820. The maximum atomic E-state index is 11.7. The van der Waals surface area contributed by atoms with E-state index in [0.717, 1.165) is 11.3 Å². The molecule has 0 unspecified atom stereocenters. The lowest BCUT2D eigenvalue weighted by atomic mass is 10.2. The number of hydrogen-bond donors (Lipinski definition) is 3. The van der Waals surface area contributed by atoms with Crippen LogP contribution in [0.5, 0.6) is 0 Å². The minimum atomic E-state index is -1.04. The van der Waals surface area contributed by atoms with Crippen LogP contribution < -0.4 is 11.1 Å². The molecule has 1 atom stereocenters. The number of anilines is 1. The van der Waals surface area contributed by atoms with Gasteiger partial charge in [-0.3, -0.25) is 4.79 Å². The number of nitrogens with two attached hydrogens (primary N) is 1. The molecule has 17 heavy (non-hydrogen) atoms. The molecule has 0 fully saturated rings. The van der Waals surface area contributed by atoms with Crippen LogP contribution in [-0.4, -0.2) is 40.0 Å². The van der Waals surface area contributed by atoms with Gasteiger partial charge >= 0.3 is 5.97 Å². The number of aromatic nitrogens is 1. The number of nitrogen functional groups attached to an aromatic ring is 1. The molecule has 1 aromatic rings. The molecular weight excluding hydrogens is 262 g/mol. The topological polar surface area (TPSA) is 105 Å². The highest BCUT2D eigenvalue weighted by Crippen LogP contribution is 2.14. The van der Waals surface area contributed by atoms with E-state index in [0.29, 0.717) is 17.1 Å². The van der Waals surface area contributed by atoms with Crippen LogP contribution in [0.4, 0.5) is 5.13 Å². The first kappa shape index (κ1) is 13.8. The van der Waals surface area contributed by atoms with Crippen LogP contribution in [0, 0.1) is 0 Å². The summed E-state index contributed by atoms with van der Waals surface area (Å²) in [4.78, 5) is 26.6. The highest BCUT2D eigenvalue weighted by molar-refractivity contribution is 7.98. The second-order valence-corrected chi connectivity index (χ2v) is 5.26. The Hall–Kier alpha value is -1.28. The summed E-state index contributed by atoms with van der Waals surface area (Å²) in [6, 6.07) is -0.877. The summed E-state index contributed by atoms with van der Waals surface area (Å²) in [7, 11) is 0. The van der Waals surface area contributed by atoms with E-state index in [9.17, 15) is 9.59 Å². The van der Waals surface area contributed by atoms with Crippen LogP contribution in [0.15, 0.2) is 6.20 Å². The van der Waals surface area contributed by atoms with E-state index in [1.807, 2.05) is 6.26 Å². The molecule has 1 aromatic heterocycles. The van der Waals surface area contributed by atoms with Crippen molar-refractivity contribution in [2.24, 2.45) is 0 Å². The number of nitrogens with one attached hydrogen (secondary N) is 1. The number of carbonyl (C=O) groups excluding carboxylic acids is 1. The van der Waals surface area contributed by atoms with E-state index in [2.05, 4.69) is 10.3 Å². The van der Waals surface area contributed by atoms with Crippen molar-refractivity contribution in [3.05, 3.63) is 11.1 Å². The van der Waals surface area contributed by atoms with Crippen LogP contribution in [0.25, 0.3) is 0 Å². The van der Waals surface area contributed by atoms with Crippen molar-refractivity contribution in [1.82, 2.24) is 10.3 Å². The quantitative estimate of drug-likeness (QED) is 0.704. The summed E-state index contributed by atoms with van der Waals surface area (Å²) in [6.07, 6.45) is 3.60. The standard InChI is InChI=1S/C9H13N3O3S2/c1-16-3-2-5(8(14)15)12-7(13)6-4-11-9(10)17-6/h4-5H,2-3H2,1H3,(H2,10,11)(H,12,13)(H,14,15)/t5-/m1/s1. The van der Waals surface area contributed by atoms with Gasteiger partial charge in [-0.2, -0.15) is 11.8 Å². The fraction of sp³-hybridized carbons (Fsp3) is 0.444. The molecule has 0 aliphatic rings. The number of carboxylic acids is 1. The fourth-order valence-electron chi connectivity index (χ4n) is 1.12. The molecule has 6 nitrogen and oxygen atoms in total. The van der Waals surface area contributed by atoms with E-state index in [1.165, 1.54) is 18.0 Å². The summed E-state index contributed by atoms with van der Waals surface area (Å²) < 4.78 is 0. The Kier molecular flexibility index (Phi) is 5.23. The third kappa shape index (κ3) is 4.23. The Balaban J connectivity index is 2.60. The first-order chi connectivity index (χ1) is 8.04. The number of thioether (sulfide) groups is 1. The molecule has 0 radical (unpaired) electrons. The highest BCUT2D eigenvalue weighted by atomic mass is 32.2. The van der Waals surface area contributed by atoms with Crippen LogP contribution in [0.1, 0.15) is 16.1 Å². The van der Waals surface area contributed by atoms with Crippen molar-refractivity contribution < 1.29 is 14.7 Å². The van der Waals surface area contributed by atoms with Gasteiger partial charge in [-0.1, -0.05) is 11.3 Å². The second-order valence-electron chi connectivity index (χ2n) is 3.21. The van der Waals surface area contributed by atoms with E-state index in [4.69, 9.17) is 10.8 Å². The predicted octanol–water partition coefficient (Wildman–Crippen LogP) is 0.661. The first-order valence-corrected chi connectivity index (χ1v) is 6.99. The minimum Gasteiger partial charge on any atom is -0.480 e. The number of carboxylic acid groups (broad SMARTS) is 1. The van der Waals surface area contributed by atoms with Crippen LogP contribution in [0.2, 0.25) is 0 Å². The largest absolute Gasteiger partial charge is 0.480 e. The Morgan fingerprint density at radius 3 is 2.88 bits per heavy atom. The first-order valence-electron chi connectivity index (χ1n) is 4.78. The maximum Gasteiger partial charge on any atom is 0.326 e. The second kappa shape index (κ2) is 6.45. The van der Waals surface area contributed by atoms with Crippen molar-refractivity contribution in [3.63, 3.8) is 0 Å². The summed E-state index contributed by atoms with van der Waals surface area (Å²) in [5.41, 5.74) is 5.39. The minimum absolute atomic E-state index is 0.283. The zero-order chi connectivity index (χ0) is 12.8. The number of amides is 1. The molecule has 0 saturated heterocycles. The lowest BCUT2D eigenvalue weighted by molar-refractivity contribution is -0.139. The van der Waals surface area contributed by atoms with Crippen LogP contribution >= 0.6 is 23.1 Å². The van der Waals surface area contributed by atoms with Crippen molar-refractivity contribution in [1.29, 1.82) is 0 Å². The van der Waals surface area contributed by atoms with Gasteiger partial charge < -0.3 is 16.2 Å². The number of hydrogen-bond acceptors (Lipinski definition) is 6. The van der Waals surface area contributed by atoms with E-state index < -0.39 is 17.9 Å². The van der Waals surface area contributed by atoms with Gasteiger partial charge in [0.1, 0.15) is 10.9 Å².